The van der Waals surface area contributed by atoms with E-state index in [0.29, 0.717) is 26.2 Å². The lowest BCUT2D eigenvalue weighted by Gasteiger charge is -2.32. The minimum absolute atomic E-state index is 0.00283. The summed E-state index contributed by atoms with van der Waals surface area (Å²) in [4.78, 5) is 0. The van der Waals surface area contributed by atoms with Crippen LogP contribution in [-0.2, 0) is 14.2 Å². The van der Waals surface area contributed by atoms with Crippen LogP contribution in [0.25, 0.3) is 0 Å². The molecule has 0 atom stereocenters. The van der Waals surface area contributed by atoms with Crippen LogP contribution >= 0.6 is 0 Å². The lowest BCUT2D eigenvalue weighted by Crippen LogP contribution is -2.41. The summed E-state index contributed by atoms with van der Waals surface area (Å²) in [5, 5.41) is 9.06. The molecule has 0 unspecified atom stereocenters. The van der Waals surface area contributed by atoms with Crippen molar-refractivity contribution >= 4 is 0 Å². The summed E-state index contributed by atoms with van der Waals surface area (Å²) >= 11 is 0. The van der Waals surface area contributed by atoms with Crippen LogP contribution in [0, 0.1) is 0 Å². The van der Waals surface area contributed by atoms with Crippen molar-refractivity contribution in [1.29, 1.82) is 0 Å². The van der Waals surface area contributed by atoms with E-state index in [0.717, 1.165) is 19.3 Å². The van der Waals surface area contributed by atoms with E-state index in [4.69, 9.17) is 19.3 Å². The molecule has 98 valence electrons. The first-order chi connectivity index (χ1) is 7.74. The maximum absolute atomic E-state index is 9.06. The quantitative estimate of drug-likeness (QED) is 0.557. The molecule has 1 N–H and O–H groups in total. The van der Waals surface area contributed by atoms with Crippen LogP contribution < -0.4 is 0 Å². The van der Waals surface area contributed by atoms with E-state index in [9.17, 15) is 0 Å². The molecule has 0 amide bonds. The Kier molecular flexibility index (Phi) is 9.92. The number of aliphatic hydroxyl groups is 1. The number of hydrogen-bond acceptors (Lipinski definition) is 4. The minimum atomic E-state index is -1.04. The predicted octanol–water partition coefficient (Wildman–Crippen LogP) is 2.30. The standard InChI is InChI=1S/C12H26O4/c1-4-9-14-12(7-8-13,15-10-5-2)16-11-6-3/h13H,4-11H2,1-3H3. The molecule has 0 bridgehead atoms. The molecule has 4 heteroatoms. The van der Waals surface area contributed by atoms with Crippen LogP contribution in [0.3, 0.4) is 0 Å². The van der Waals surface area contributed by atoms with Gasteiger partial charge in [-0.05, 0) is 19.3 Å². The largest absolute Gasteiger partial charge is 0.396 e. The third-order valence-corrected chi connectivity index (χ3v) is 2.00. The van der Waals surface area contributed by atoms with Gasteiger partial charge >= 0.3 is 0 Å². The Morgan fingerprint density at radius 2 is 1.19 bits per heavy atom. The van der Waals surface area contributed by atoms with Crippen LogP contribution in [0.5, 0.6) is 0 Å². The minimum Gasteiger partial charge on any atom is -0.396 e. The third kappa shape index (κ3) is 6.43. The second-order valence-electron chi connectivity index (χ2n) is 3.70. The Morgan fingerprint density at radius 3 is 1.44 bits per heavy atom. The monoisotopic (exact) mass is 234 g/mol. The van der Waals surface area contributed by atoms with Crippen molar-refractivity contribution in [3.05, 3.63) is 0 Å². The molecule has 0 aliphatic heterocycles. The molecule has 0 heterocycles. The van der Waals surface area contributed by atoms with Gasteiger partial charge in [0.1, 0.15) is 0 Å². The van der Waals surface area contributed by atoms with Gasteiger partial charge in [-0.25, -0.2) is 0 Å². The second kappa shape index (κ2) is 10.0. The van der Waals surface area contributed by atoms with E-state index in [1.807, 2.05) is 20.8 Å². The summed E-state index contributed by atoms with van der Waals surface area (Å²) in [5.74, 6) is -1.04. The fourth-order valence-corrected chi connectivity index (χ4v) is 1.25. The highest BCUT2D eigenvalue weighted by Crippen LogP contribution is 2.21. The van der Waals surface area contributed by atoms with Crippen LogP contribution in [0.1, 0.15) is 46.5 Å². The molecule has 0 aliphatic rings. The van der Waals surface area contributed by atoms with E-state index >= 15 is 0 Å². The smallest absolute Gasteiger partial charge is 0.285 e. The maximum Gasteiger partial charge on any atom is 0.285 e. The molecule has 4 nitrogen and oxygen atoms in total. The number of aliphatic hydroxyl groups excluding tert-OH is 1. The fourth-order valence-electron chi connectivity index (χ4n) is 1.25. The van der Waals surface area contributed by atoms with Gasteiger partial charge < -0.3 is 19.3 Å². The lowest BCUT2D eigenvalue weighted by molar-refractivity contribution is -0.385. The first-order valence-corrected chi connectivity index (χ1v) is 6.27. The van der Waals surface area contributed by atoms with E-state index < -0.39 is 5.97 Å². The van der Waals surface area contributed by atoms with Crippen molar-refractivity contribution in [2.45, 2.75) is 52.4 Å². The molecule has 0 aromatic carbocycles. The Balaban J connectivity index is 4.32. The highest BCUT2D eigenvalue weighted by molar-refractivity contribution is 4.58. The summed E-state index contributed by atoms with van der Waals surface area (Å²) < 4.78 is 16.9. The van der Waals surface area contributed by atoms with Crippen molar-refractivity contribution in [2.24, 2.45) is 0 Å². The van der Waals surface area contributed by atoms with Crippen molar-refractivity contribution < 1.29 is 19.3 Å². The molecule has 0 spiro atoms. The first kappa shape index (κ1) is 15.8. The van der Waals surface area contributed by atoms with Gasteiger partial charge in [0.15, 0.2) is 0 Å². The Morgan fingerprint density at radius 1 is 0.812 bits per heavy atom. The highest BCUT2D eigenvalue weighted by atomic mass is 16.9. The molecule has 0 aromatic rings. The first-order valence-electron chi connectivity index (χ1n) is 6.27. The molecular formula is C12H26O4. The van der Waals surface area contributed by atoms with Gasteiger partial charge in [-0.2, -0.15) is 0 Å². The SMILES string of the molecule is CCCOC(CCO)(OCCC)OCCC. The molecule has 16 heavy (non-hydrogen) atoms. The molecule has 0 rings (SSSR count). The topological polar surface area (TPSA) is 47.9 Å². The molecule has 0 aromatic heterocycles. The van der Waals surface area contributed by atoms with Gasteiger partial charge in [-0.1, -0.05) is 20.8 Å². The molecule has 0 saturated heterocycles. The van der Waals surface area contributed by atoms with Crippen LogP contribution in [-0.4, -0.2) is 37.5 Å². The predicted molar refractivity (Wildman–Crippen MR) is 63.2 cm³/mol. The van der Waals surface area contributed by atoms with Gasteiger partial charge in [0.25, 0.3) is 5.97 Å². The van der Waals surface area contributed by atoms with Crippen LogP contribution in [0.2, 0.25) is 0 Å². The summed E-state index contributed by atoms with van der Waals surface area (Å²) in [7, 11) is 0. The number of ether oxygens (including phenoxy) is 3. The molecule has 0 saturated carbocycles. The van der Waals surface area contributed by atoms with Crippen molar-refractivity contribution in [2.75, 3.05) is 26.4 Å². The summed E-state index contributed by atoms with van der Waals surface area (Å²) in [6.07, 6.45) is 3.06. The number of hydrogen-bond donors (Lipinski definition) is 1. The molecule has 0 fully saturated rings. The van der Waals surface area contributed by atoms with Crippen LogP contribution in [0.15, 0.2) is 0 Å². The maximum atomic E-state index is 9.06. The normalized spacial score (nSPS) is 12.0. The third-order valence-electron chi connectivity index (χ3n) is 2.00. The van der Waals surface area contributed by atoms with Gasteiger partial charge in [-0.15, -0.1) is 0 Å². The average molecular weight is 234 g/mol. The Bertz CT molecular complexity index is 128. The Hall–Kier alpha value is -0.160. The van der Waals surface area contributed by atoms with Gasteiger partial charge in [0.05, 0.1) is 32.8 Å². The van der Waals surface area contributed by atoms with E-state index in [2.05, 4.69) is 0 Å². The van der Waals surface area contributed by atoms with Crippen molar-refractivity contribution in [1.82, 2.24) is 0 Å². The zero-order valence-electron chi connectivity index (χ0n) is 10.8. The van der Waals surface area contributed by atoms with Gasteiger partial charge in [-0.3, -0.25) is 0 Å². The molecular weight excluding hydrogens is 208 g/mol. The fraction of sp³-hybridized carbons (Fsp3) is 1.00. The average Bonchev–Trinajstić information content (AvgIpc) is 2.31. The van der Waals surface area contributed by atoms with Crippen LogP contribution in [0.4, 0.5) is 0 Å². The molecule has 0 aliphatic carbocycles. The zero-order chi connectivity index (χ0) is 12.3. The van der Waals surface area contributed by atoms with Gasteiger partial charge in [0, 0.05) is 0 Å². The summed E-state index contributed by atoms with van der Waals surface area (Å²) in [6, 6.07) is 0. The summed E-state index contributed by atoms with van der Waals surface area (Å²) in [5.41, 5.74) is 0. The van der Waals surface area contributed by atoms with E-state index in [1.165, 1.54) is 0 Å². The van der Waals surface area contributed by atoms with Crippen molar-refractivity contribution in [3.63, 3.8) is 0 Å². The molecule has 0 radical (unpaired) electrons. The van der Waals surface area contributed by atoms with E-state index in [-0.39, 0.29) is 6.61 Å². The highest BCUT2D eigenvalue weighted by Gasteiger charge is 2.32. The van der Waals surface area contributed by atoms with E-state index in [1.54, 1.807) is 0 Å². The number of rotatable bonds is 11. The zero-order valence-corrected chi connectivity index (χ0v) is 10.8. The van der Waals surface area contributed by atoms with Crippen molar-refractivity contribution in [3.8, 4) is 0 Å². The van der Waals surface area contributed by atoms with Gasteiger partial charge in [0.2, 0.25) is 0 Å². The second-order valence-corrected chi connectivity index (χ2v) is 3.70. The lowest BCUT2D eigenvalue weighted by atomic mass is 10.3. The summed E-state index contributed by atoms with van der Waals surface area (Å²) in [6.45, 7) is 7.82. The Labute approximate surface area is 98.9 Å².